The normalized spacial score (nSPS) is 21.6. The fourth-order valence-corrected chi connectivity index (χ4v) is 2.70. The number of urea groups is 1. The van der Waals surface area contributed by atoms with Crippen LogP contribution in [0, 0.1) is 0 Å². The van der Waals surface area contributed by atoms with Crippen molar-refractivity contribution in [3.63, 3.8) is 0 Å². The van der Waals surface area contributed by atoms with Gasteiger partial charge >= 0.3 is 6.03 Å². The summed E-state index contributed by atoms with van der Waals surface area (Å²) in [5, 5.41) is 6.04. The van der Waals surface area contributed by atoms with E-state index in [1.54, 1.807) is 7.11 Å². The Kier molecular flexibility index (Phi) is 6.65. The van der Waals surface area contributed by atoms with E-state index in [1.807, 2.05) is 18.7 Å². The lowest BCUT2D eigenvalue weighted by atomic mass is 10.2. The van der Waals surface area contributed by atoms with Gasteiger partial charge in [-0.3, -0.25) is 9.69 Å². The molecule has 0 aromatic carbocycles. The summed E-state index contributed by atoms with van der Waals surface area (Å²) in [5.41, 5.74) is 0. The van der Waals surface area contributed by atoms with Crippen LogP contribution in [0.4, 0.5) is 4.79 Å². The monoisotopic (exact) mass is 326 g/mol. The molecule has 1 aliphatic carbocycles. The van der Waals surface area contributed by atoms with E-state index >= 15 is 0 Å². The molecule has 1 heterocycles. The highest BCUT2D eigenvalue weighted by Crippen LogP contribution is 2.19. The molecule has 132 valence electrons. The second-order valence-corrected chi connectivity index (χ2v) is 6.61. The molecule has 2 rings (SSSR count). The van der Waals surface area contributed by atoms with Gasteiger partial charge in [-0.2, -0.15) is 0 Å². The van der Waals surface area contributed by atoms with Gasteiger partial charge in [0.2, 0.25) is 5.91 Å². The number of piperazine rings is 1. The first kappa shape index (κ1) is 18.0. The Balaban J connectivity index is 1.69. The van der Waals surface area contributed by atoms with Crippen LogP contribution >= 0.6 is 0 Å². The molecule has 0 radical (unpaired) electrons. The number of carbonyl (C=O) groups excluding carboxylic acids is 2. The second kappa shape index (κ2) is 8.49. The van der Waals surface area contributed by atoms with Gasteiger partial charge in [0.05, 0.1) is 6.04 Å². The van der Waals surface area contributed by atoms with Crippen molar-refractivity contribution in [3.05, 3.63) is 0 Å². The van der Waals surface area contributed by atoms with Gasteiger partial charge in [0, 0.05) is 52.0 Å². The summed E-state index contributed by atoms with van der Waals surface area (Å²) >= 11 is 0. The van der Waals surface area contributed by atoms with Crippen molar-refractivity contribution in [2.45, 2.75) is 51.2 Å². The van der Waals surface area contributed by atoms with Crippen molar-refractivity contribution in [1.82, 2.24) is 20.4 Å². The van der Waals surface area contributed by atoms with Gasteiger partial charge in [-0.25, -0.2) is 4.79 Å². The number of amides is 3. The van der Waals surface area contributed by atoms with Gasteiger partial charge in [-0.05, 0) is 33.1 Å². The minimum Gasteiger partial charge on any atom is -0.385 e. The fraction of sp³-hybridized carbons (Fsp3) is 0.875. The van der Waals surface area contributed by atoms with Crippen LogP contribution in [0.3, 0.4) is 0 Å². The molecule has 7 heteroatoms. The lowest BCUT2D eigenvalue weighted by Gasteiger charge is -2.37. The number of hydrogen-bond donors (Lipinski definition) is 2. The van der Waals surface area contributed by atoms with E-state index in [0.717, 1.165) is 32.4 Å². The summed E-state index contributed by atoms with van der Waals surface area (Å²) in [6.45, 7) is 7.35. The van der Waals surface area contributed by atoms with Crippen LogP contribution in [0.2, 0.25) is 0 Å². The molecule has 0 unspecified atom stereocenters. The van der Waals surface area contributed by atoms with Crippen molar-refractivity contribution in [2.75, 3.05) is 39.9 Å². The third-order valence-electron chi connectivity index (χ3n) is 4.58. The number of carbonyl (C=O) groups is 2. The molecule has 0 aromatic rings. The van der Waals surface area contributed by atoms with E-state index in [-0.39, 0.29) is 24.0 Å². The van der Waals surface area contributed by atoms with Crippen LogP contribution in [0.5, 0.6) is 0 Å². The standard InChI is InChI=1S/C16H30N4O3/c1-12(6-11-23-3)17-16(22)20-9-7-19(8-10-20)13(2)15(21)18-14-4-5-14/h12-14H,4-11H2,1-3H3,(H,17,22)(H,18,21)/t12-,13-/m0/s1. The maximum atomic E-state index is 12.2. The van der Waals surface area contributed by atoms with E-state index in [9.17, 15) is 9.59 Å². The summed E-state index contributed by atoms with van der Waals surface area (Å²) in [7, 11) is 1.66. The molecule has 2 fully saturated rings. The number of methoxy groups -OCH3 is 1. The molecular weight excluding hydrogens is 296 g/mol. The summed E-state index contributed by atoms with van der Waals surface area (Å²) in [6.07, 6.45) is 3.02. The molecule has 0 bridgehead atoms. The molecule has 1 aliphatic heterocycles. The Morgan fingerprint density at radius 1 is 1.17 bits per heavy atom. The molecule has 2 aliphatic rings. The van der Waals surface area contributed by atoms with Crippen LogP contribution in [0.15, 0.2) is 0 Å². The Morgan fingerprint density at radius 3 is 2.39 bits per heavy atom. The summed E-state index contributed by atoms with van der Waals surface area (Å²) in [4.78, 5) is 28.3. The number of rotatable bonds is 7. The molecule has 2 N–H and O–H groups in total. The zero-order valence-corrected chi connectivity index (χ0v) is 14.5. The SMILES string of the molecule is COCC[C@H](C)NC(=O)N1CCN([C@@H](C)C(=O)NC2CC2)CC1. The van der Waals surface area contributed by atoms with Crippen molar-refractivity contribution in [2.24, 2.45) is 0 Å². The molecule has 1 saturated heterocycles. The predicted octanol–water partition coefficient (Wildman–Crippen LogP) is 0.406. The molecule has 23 heavy (non-hydrogen) atoms. The first-order valence-corrected chi connectivity index (χ1v) is 8.60. The minimum absolute atomic E-state index is 0.0247. The van der Waals surface area contributed by atoms with E-state index in [0.29, 0.717) is 25.7 Å². The highest BCUT2D eigenvalue weighted by atomic mass is 16.5. The van der Waals surface area contributed by atoms with E-state index in [1.165, 1.54) is 0 Å². The Morgan fingerprint density at radius 2 is 1.83 bits per heavy atom. The second-order valence-electron chi connectivity index (χ2n) is 6.61. The molecule has 7 nitrogen and oxygen atoms in total. The largest absolute Gasteiger partial charge is 0.385 e. The Labute approximate surface area is 138 Å². The van der Waals surface area contributed by atoms with E-state index in [2.05, 4.69) is 15.5 Å². The van der Waals surface area contributed by atoms with E-state index in [4.69, 9.17) is 4.74 Å². The molecular formula is C16H30N4O3. The van der Waals surface area contributed by atoms with Crippen molar-refractivity contribution in [3.8, 4) is 0 Å². The Bertz CT molecular complexity index is 406. The van der Waals surface area contributed by atoms with Crippen LogP contribution in [-0.4, -0.2) is 79.8 Å². The van der Waals surface area contributed by atoms with Gasteiger partial charge in [0.15, 0.2) is 0 Å². The average molecular weight is 326 g/mol. The van der Waals surface area contributed by atoms with Crippen LogP contribution < -0.4 is 10.6 Å². The summed E-state index contributed by atoms with van der Waals surface area (Å²) < 4.78 is 5.02. The number of nitrogens with zero attached hydrogens (tertiary/aromatic N) is 2. The lowest BCUT2D eigenvalue weighted by molar-refractivity contribution is -0.126. The van der Waals surface area contributed by atoms with Gasteiger partial charge in [0.1, 0.15) is 0 Å². The molecule has 0 aromatic heterocycles. The van der Waals surface area contributed by atoms with Gasteiger partial charge in [-0.1, -0.05) is 0 Å². The Hall–Kier alpha value is -1.34. The minimum atomic E-state index is -0.124. The molecule has 1 saturated carbocycles. The third kappa shape index (κ3) is 5.66. The lowest BCUT2D eigenvalue weighted by Crippen LogP contribution is -2.57. The zero-order valence-electron chi connectivity index (χ0n) is 14.5. The van der Waals surface area contributed by atoms with Crippen LogP contribution in [-0.2, 0) is 9.53 Å². The van der Waals surface area contributed by atoms with Crippen molar-refractivity contribution >= 4 is 11.9 Å². The van der Waals surface area contributed by atoms with Crippen molar-refractivity contribution in [1.29, 1.82) is 0 Å². The van der Waals surface area contributed by atoms with Crippen LogP contribution in [0.25, 0.3) is 0 Å². The molecule has 2 atom stereocenters. The zero-order chi connectivity index (χ0) is 16.8. The predicted molar refractivity (Wildman–Crippen MR) is 88.3 cm³/mol. The van der Waals surface area contributed by atoms with Gasteiger partial charge in [-0.15, -0.1) is 0 Å². The van der Waals surface area contributed by atoms with Gasteiger partial charge < -0.3 is 20.3 Å². The number of nitrogens with one attached hydrogen (secondary N) is 2. The quantitative estimate of drug-likeness (QED) is 0.710. The maximum absolute atomic E-state index is 12.2. The highest BCUT2D eigenvalue weighted by Gasteiger charge is 2.30. The first-order valence-electron chi connectivity index (χ1n) is 8.60. The highest BCUT2D eigenvalue weighted by molar-refractivity contribution is 5.82. The fourth-order valence-electron chi connectivity index (χ4n) is 2.70. The topological polar surface area (TPSA) is 73.9 Å². The molecule has 3 amide bonds. The first-order chi connectivity index (χ1) is 11.0. The van der Waals surface area contributed by atoms with Crippen LogP contribution in [0.1, 0.15) is 33.1 Å². The summed E-state index contributed by atoms with van der Waals surface area (Å²) in [6, 6.07) is 0.346. The van der Waals surface area contributed by atoms with Gasteiger partial charge in [0.25, 0.3) is 0 Å². The number of ether oxygens (including phenoxy) is 1. The van der Waals surface area contributed by atoms with E-state index < -0.39 is 0 Å². The molecule has 0 spiro atoms. The third-order valence-corrected chi connectivity index (χ3v) is 4.58. The average Bonchev–Trinajstić information content (AvgIpc) is 3.36. The van der Waals surface area contributed by atoms with Crippen molar-refractivity contribution < 1.29 is 14.3 Å². The maximum Gasteiger partial charge on any atom is 0.317 e. The number of hydrogen-bond acceptors (Lipinski definition) is 4. The summed E-state index contributed by atoms with van der Waals surface area (Å²) in [5.74, 6) is 0.110. The smallest absolute Gasteiger partial charge is 0.317 e.